The summed E-state index contributed by atoms with van der Waals surface area (Å²) in [5.41, 5.74) is -0.980. The van der Waals surface area contributed by atoms with Crippen LogP contribution in [0.3, 0.4) is 0 Å². The molecule has 0 aromatic rings. The molecule has 0 N–H and O–H groups in total. The van der Waals surface area contributed by atoms with Crippen molar-refractivity contribution in [3.8, 4) is 0 Å². The molecule has 0 aliphatic heterocycles. The molecule has 1 atom stereocenters. The fraction of sp³-hybridized carbons (Fsp3) is 0.429. The molecule has 0 amide bonds. The molecule has 16 heavy (non-hydrogen) atoms. The molecule has 0 saturated carbocycles. The monoisotopic (exact) mass is 220 g/mol. The summed E-state index contributed by atoms with van der Waals surface area (Å²) >= 11 is 0. The van der Waals surface area contributed by atoms with Crippen LogP contribution in [0, 0.1) is 11.3 Å². The Morgan fingerprint density at radius 2 is 1.69 bits per heavy atom. The molecule has 0 radical (unpaired) electrons. The van der Waals surface area contributed by atoms with Crippen LogP contribution < -0.4 is 0 Å². The van der Waals surface area contributed by atoms with Crippen LogP contribution in [0.1, 0.15) is 26.2 Å². The Morgan fingerprint density at radius 3 is 2.00 bits per heavy atom. The van der Waals surface area contributed by atoms with Gasteiger partial charge in [0.15, 0.2) is 0 Å². The Bertz CT molecular complexity index is 279. The van der Waals surface area contributed by atoms with Gasteiger partial charge in [0.05, 0.1) is 5.41 Å². The van der Waals surface area contributed by atoms with Gasteiger partial charge in [0.25, 0.3) is 0 Å². The maximum atomic E-state index is 12.2. The third-order valence-electron chi connectivity index (χ3n) is 2.70. The zero-order chi connectivity index (χ0) is 12.6. The van der Waals surface area contributed by atoms with Crippen molar-refractivity contribution in [2.75, 3.05) is 0 Å². The predicted molar refractivity (Wildman–Crippen MR) is 67.1 cm³/mol. The van der Waals surface area contributed by atoms with E-state index >= 15 is 0 Å². The fourth-order valence-corrected chi connectivity index (χ4v) is 1.80. The minimum absolute atomic E-state index is 0.0535. The zero-order valence-corrected chi connectivity index (χ0v) is 9.95. The molecular formula is C14H20O2. The van der Waals surface area contributed by atoms with Crippen LogP contribution in [0.2, 0.25) is 0 Å². The average Bonchev–Trinajstić information content (AvgIpc) is 2.28. The van der Waals surface area contributed by atoms with Gasteiger partial charge in [0.1, 0.15) is 12.1 Å². The van der Waals surface area contributed by atoms with Crippen molar-refractivity contribution in [3.05, 3.63) is 38.0 Å². The largest absolute Gasteiger partial charge is 0.302 e. The lowest BCUT2D eigenvalue weighted by molar-refractivity contribution is -0.137. The molecule has 88 valence electrons. The van der Waals surface area contributed by atoms with Crippen molar-refractivity contribution in [1.82, 2.24) is 0 Å². The van der Waals surface area contributed by atoms with E-state index in [1.807, 2.05) is 6.92 Å². The lowest BCUT2D eigenvalue weighted by atomic mass is 9.74. The van der Waals surface area contributed by atoms with Crippen LogP contribution in [0.4, 0.5) is 0 Å². The first kappa shape index (κ1) is 14.6. The van der Waals surface area contributed by atoms with Gasteiger partial charge in [-0.3, -0.25) is 4.79 Å². The van der Waals surface area contributed by atoms with Crippen molar-refractivity contribution in [2.24, 2.45) is 11.3 Å². The van der Waals surface area contributed by atoms with Gasteiger partial charge in [-0.2, -0.15) is 0 Å². The van der Waals surface area contributed by atoms with E-state index in [9.17, 15) is 9.59 Å². The Balaban J connectivity index is 5.05. The first-order valence-electron chi connectivity index (χ1n) is 5.41. The minimum atomic E-state index is -0.980. The maximum Gasteiger partial charge on any atom is 0.149 e. The number of ketones is 1. The molecule has 2 nitrogen and oxygen atoms in total. The zero-order valence-electron chi connectivity index (χ0n) is 9.95. The number of carbonyl (C=O) groups excluding carboxylic acids is 2. The first-order chi connectivity index (χ1) is 7.57. The summed E-state index contributed by atoms with van der Waals surface area (Å²) in [6.45, 7) is 12.6. The van der Waals surface area contributed by atoms with Crippen LogP contribution in [-0.4, -0.2) is 12.1 Å². The minimum Gasteiger partial charge on any atom is -0.302 e. The molecule has 0 saturated heterocycles. The average molecular weight is 220 g/mol. The highest BCUT2D eigenvalue weighted by Crippen LogP contribution is 2.30. The van der Waals surface area contributed by atoms with E-state index in [1.165, 1.54) is 0 Å². The molecule has 0 fully saturated rings. The number of hydrogen-bond acceptors (Lipinski definition) is 2. The van der Waals surface area contributed by atoms with E-state index in [1.54, 1.807) is 18.2 Å². The van der Waals surface area contributed by atoms with Crippen LogP contribution in [0.25, 0.3) is 0 Å². The van der Waals surface area contributed by atoms with E-state index in [0.29, 0.717) is 19.3 Å². The molecule has 0 aliphatic carbocycles. The van der Waals surface area contributed by atoms with E-state index in [2.05, 4.69) is 19.7 Å². The highest BCUT2D eigenvalue weighted by Gasteiger charge is 2.37. The lowest BCUT2D eigenvalue weighted by Crippen LogP contribution is -2.36. The summed E-state index contributed by atoms with van der Waals surface area (Å²) in [7, 11) is 0. The molecule has 0 heterocycles. The van der Waals surface area contributed by atoms with Gasteiger partial charge in [0, 0.05) is 5.92 Å². The van der Waals surface area contributed by atoms with E-state index < -0.39 is 5.41 Å². The molecule has 0 spiro atoms. The highest BCUT2D eigenvalue weighted by molar-refractivity contribution is 5.99. The molecule has 0 aromatic heterocycles. The summed E-state index contributed by atoms with van der Waals surface area (Å²) < 4.78 is 0. The second-order valence-corrected chi connectivity index (χ2v) is 4.05. The number of allylic oxidation sites excluding steroid dienone is 3. The van der Waals surface area contributed by atoms with Crippen LogP contribution >= 0.6 is 0 Å². The normalized spacial score (nSPS) is 12.6. The second kappa shape index (κ2) is 6.94. The lowest BCUT2D eigenvalue weighted by Gasteiger charge is -2.26. The van der Waals surface area contributed by atoms with Crippen molar-refractivity contribution in [2.45, 2.75) is 26.2 Å². The van der Waals surface area contributed by atoms with Crippen molar-refractivity contribution in [1.29, 1.82) is 0 Å². The third kappa shape index (κ3) is 3.30. The van der Waals surface area contributed by atoms with Gasteiger partial charge in [-0.05, 0) is 19.3 Å². The van der Waals surface area contributed by atoms with Gasteiger partial charge < -0.3 is 4.79 Å². The predicted octanol–water partition coefficient (Wildman–Crippen LogP) is 3.11. The molecule has 0 bridgehead atoms. The summed E-state index contributed by atoms with van der Waals surface area (Å²) in [5.74, 6) is -0.246. The second-order valence-electron chi connectivity index (χ2n) is 4.05. The van der Waals surface area contributed by atoms with Crippen molar-refractivity contribution >= 4 is 12.1 Å². The van der Waals surface area contributed by atoms with E-state index in [-0.39, 0.29) is 11.7 Å². The van der Waals surface area contributed by atoms with E-state index in [0.717, 1.165) is 6.29 Å². The van der Waals surface area contributed by atoms with Crippen molar-refractivity contribution in [3.63, 3.8) is 0 Å². The van der Waals surface area contributed by atoms with Gasteiger partial charge >= 0.3 is 0 Å². The molecule has 0 aliphatic rings. The standard InChI is InChI=1S/C14H20O2/c1-5-8-12(4)13(16)14(11-15,9-6-2)10-7-3/h5-7,11-12H,1-3,8-10H2,4H3. The Labute approximate surface area is 97.7 Å². The van der Waals surface area contributed by atoms with Crippen LogP contribution in [0.15, 0.2) is 38.0 Å². The highest BCUT2D eigenvalue weighted by atomic mass is 16.1. The van der Waals surface area contributed by atoms with Gasteiger partial charge in [0.2, 0.25) is 0 Å². The van der Waals surface area contributed by atoms with Crippen molar-refractivity contribution < 1.29 is 9.59 Å². The SMILES string of the molecule is C=CCC(C)C(=O)C(C=O)(CC=C)CC=C. The number of rotatable bonds is 9. The molecule has 1 unspecified atom stereocenters. The first-order valence-corrected chi connectivity index (χ1v) is 5.41. The number of hydrogen-bond donors (Lipinski definition) is 0. The number of aldehydes is 1. The molecular weight excluding hydrogens is 200 g/mol. The third-order valence-corrected chi connectivity index (χ3v) is 2.70. The number of Topliss-reactive ketones (excluding diaryl/α,β-unsaturated/α-hetero) is 1. The number of carbonyl (C=O) groups is 2. The summed E-state index contributed by atoms with van der Waals surface area (Å²) in [6.07, 6.45) is 6.96. The molecule has 0 rings (SSSR count). The Kier molecular flexibility index (Phi) is 6.31. The van der Waals surface area contributed by atoms with Gasteiger partial charge in [-0.1, -0.05) is 25.2 Å². The molecule has 2 heteroatoms. The summed E-state index contributed by atoms with van der Waals surface area (Å²) in [5, 5.41) is 0. The fourth-order valence-electron chi connectivity index (χ4n) is 1.80. The smallest absolute Gasteiger partial charge is 0.149 e. The van der Waals surface area contributed by atoms with E-state index in [4.69, 9.17) is 0 Å². The maximum absolute atomic E-state index is 12.2. The summed E-state index contributed by atoms with van der Waals surface area (Å²) in [6, 6.07) is 0. The van der Waals surface area contributed by atoms with Gasteiger partial charge in [-0.15, -0.1) is 19.7 Å². The Morgan fingerprint density at radius 1 is 1.19 bits per heavy atom. The molecule has 0 aromatic carbocycles. The van der Waals surface area contributed by atoms with Crippen LogP contribution in [-0.2, 0) is 9.59 Å². The Hall–Kier alpha value is -1.44. The van der Waals surface area contributed by atoms with Crippen LogP contribution in [0.5, 0.6) is 0 Å². The topological polar surface area (TPSA) is 34.1 Å². The summed E-state index contributed by atoms with van der Waals surface area (Å²) in [4.78, 5) is 23.4. The quantitative estimate of drug-likeness (QED) is 0.340. The van der Waals surface area contributed by atoms with Gasteiger partial charge in [-0.25, -0.2) is 0 Å².